The number of pyridine rings is 1. The van der Waals surface area contributed by atoms with Crippen molar-refractivity contribution >= 4 is 5.91 Å². The molecule has 0 bridgehead atoms. The van der Waals surface area contributed by atoms with E-state index in [9.17, 15) is 14.3 Å². The van der Waals surface area contributed by atoms with Crippen molar-refractivity contribution in [3.8, 4) is 5.82 Å². The topological polar surface area (TPSA) is 80.5 Å². The van der Waals surface area contributed by atoms with Crippen LogP contribution >= 0.6 is 0 Å². The van der Waals surface area contributed by atoms with E-state index in [0.717, 1.165) is 11.8 Å². The van der Waals surface area contributed by atoms with Crippen molar-refractivity contribution in [2.75, 3.05) is 13.2 Å². The lowest BCUT2D eigenvalue weighted by atomic mass is 9.81. The van der Waals surface area contributed by atoms with Gasteiger partial charge in [0.2, 0.25) is 0 Å². The van der Waals surface area contributed by atoms with Crippen LogP contribution in [0.25, 0.3) is 5.82 Å². The molecule has 144 valence electrons. The maximum Gasteiger partial charge on any atom is 0.255 e. The summed E-state index contributed by atoms with van der Waals surface area (Å²) in [6, 6.07) is 3.49. The predicted octanol–water partition coefficient (Wildman–Crippen LogP) is 2.00. The third-order valence-corrected chi connectivity index (χ3v) is 5.63. The summed E-state index contributed by atoms with van der Waals surface area (Å²) in [5.41, 5.74) is 0.0960. The Morgan fingerprint density at radius 3 is 2.74 bits per heavy atom. The van der Waals surface area contributed by atoms with Crippen LogP contribution in [-0.4, -0.2) is 55.5 Å². The number of hydrogen-bond acceptors (Lipinski definition) is 5. The average molecular weight is 374 g/mol. The monoisotopic (exact) mass is 374 g/mol. The molecule has 1 atom stereocenters. The van der Waals surface area contributed by atoms with Crippen LogP contribution in [0.1, 0.15) is 44.2 Å². The van der Waals surface area contributed by atoms with Gasteiger partial charge in [-0.25, -0.2) is 14.1 Å². The van der Waals surface area contributed by atoms with Crippen molar-refractivity contribution < 1.29 is 19.0 Å². The molecule has 8 heteroatoms. The molecule has 1 saturated heterocycles. The molecular formula is C19H23FN4O3. The first kappa shape index (κ1) is 18.1. The van der Waals surface area contributed by atoms with Gasteiger partial charge in [0.25, 0.3) is 5.91 Å². The number of amides is 1. The van der Waals surface area contributed by atoms with Gasteiger partial charge in [0.1, 0.15) is 5.60 Å². The van der Waals surface area contributed by atoms with E-state index in [2.05, 4.69) is 10.1 Å². The molecule has 3 heterocycles. The number of morpholine rings is 1. The van der Waals surface area contributed by atoms with E-state index in [1.54, 1.807) is 12.3 Å². The fraction of sp³-hybridized carbons (Fsp3) is 0.526. The number of ether oxygens (including phenoxy) is 1. The maximum atomic E-state index is 13.2. The van der Waals surface area contributed by atoms with Crippen molar-refractivity contribution in [2.45, 2.75) is 50.4 Å². The van der Waals surface area contributed by atoms with Gasteiger partial charge in [0.15, 0.2) is 11.6 Å². The molecule has 1 N–H and O–H groups in total. The van der Waals surface area contributed by atoms with E-state index in [0.29, 0.717) is 44.7 Å². The highest BCUT2D eigenvalue weighted by Crippen LogP contribution is 2.38. The van der Waals surface area contributed by atoms with E-state index in [-0.39, 0.29) is 18.1 Å². The van der Waals surface area contributed by atoms with Crippen LogP contribution in [0, 0.1) is 5.82 Å². The zero-order valence-electron chi connectivity index (χ0n) is 15.2. The summed E-state index contributed by atoms with van der Waals surface area (Å²) in [7, 11) is 0. The normalized spacial score (nSPS) is 27.1. The molecule has 2 aliphatic rings. The van der Waals surface area contributed by atoms with E-state index in [1.807, 2.05) is 17.9 Å². The number of aliphatic hydroxyl groups is 1. The molecule has 1 spiro atoms. The molecule has 1 aliphatic heterocycles. The van der Waals surface area contributed by atoms with Gasteiger partial charge in [-0.15, -0.1) is 0 Å². The van der Waals surface area contributed by atoms with Crippen molar-refractivity contribution in [1.82, 2.24) is 19.7 Å². The molecule has 2 aromatic rings. The molecule has 0 unspecified atom stereocenters. The quantitative estimate of drug-likeness (QED) is 0.889. The number of carbonyl (C=O) groups is 1. The lowest BCUT2D eigenvalue weighted by molar-refractivity contribution is -0.183. The first-order chi connectivity index (χ1) is 13.0. The highest BCUT2D eigenvalue weighted by molar-refractivity contribution is 5.86. The average Bonchev–Trinajstić information content (AvgIpc) is 3.12. The molecule has 1 saturated carbocycles. The minimum Gasteiger partial charge on any atom is -0.393 e. The summed E-state index contributed by atoms with van der Waals surface area (Å²) in [4.78, 5) is 19.3. The Morgan fingerprint density at radius 1 is 1.33 bits per heavy atom. The number of hydrogen-bond donors (Lipinski definition) is 1. The summed E-state index contributed by atoms with van der Waals surface area (Å²) in [6.45, 7) is 2.99. The second-order valence-electron chi connectivity index (χ2n) is 7.30. The fourth-order valence-electron chi connectivity index (χ4n) is 3.95. The van der Waals surface area contributed by atoms with Crippen LogP contribution in [0.15, 0.2) is 30.7 Å². The Morgan fingerprint density at radius 2 is 2.11 bits per heavy atom. The predicted molar refractivity (Wildman–Crippen MR) is 94.6 cm³/mol. The standard InChI is InChI=1S/C19H23FN4O3/c1-13(14-2-3-17(21-10-14)24-12-15(20)11-22-24)23-8-9-27-19(18(23)26)6-4-16(25)5-7-19/h2-3,10-13,16,25H,4-9H2,1H3/t13-,16?,19?/m0/s1. The second kappa shape index (κ2) is 7.01. The lowest BCUT2D eigenvalue weighted by Crippen LogP contribution is -2.58. The number of aromatic nitrogens is 3. The van der Waals surface area contributed by atoms with Gasteiger partial charge in [-0.1, -0.05) is 6.07 Å². The van der Waals surface area contributed by atoms with Gasteiger partial charge >= 0.3 is 0 Å². The Labute approximate surface area is 156 Å². The van der Waals surface area contributed by atoms with Gasteiger partial charge in [-0.3, -0.25) is 4.79 Å². The van der Waals surface area contributed by atoms with E-state index in [1.165, 1.54) is 10.9 Å². The summed E-state index contributed by atoms with van der Waals surface area (Å²) in [6.07, 6.45) is 6.03. The van der Waals surface area contributed by atoms with Crippen LogP contribution in [-0.2, 0) is 9.53 Å². The Balaban J connectivity index is 1.51. The van der Waals surface area contributed by atoms with Crippen molar-refractivity contribution in [2.24, 2.45) is 0 Å². The largest absolute Gasteiger partial charge is 0.393 e. The van der Waals surface area contributed by atoms with Gasteiger partial charge in [0.05, 0.1) is 31.1 Å². The van der Waals surface area contributed by atoms with Crippen molar-refractivity contribution in [1.29, 1.82) is 0 Å². The third kappa shape index (κ3) is 3.35. The van der Waals surface area contributed by atoms with Crippen LogP contribution in [0.2, 0.25) is 0 Å². The summed E-state index contributed by atoms with van der Waals surface area (Å²) in [5.74, 6) is 0.0864. The Bertz CT molecular complexity index is 815. The van der Waals surface area contributed by atoms with E-state index >= 15 is 0 Å². The first-order valence-electron chi connectivity index (χ1n) is 9.28. The molecule has 1 aliphatic carbocycles. The molecule has 7 nitrogen and oxygen atoms in total. The molecule has 0 radical (unpaired) electrons. The van der Waals surface area contributed by atoms with E-state index in [4.69, 9.17) is 4.74 Å². The summed E-state index contributed by atoms with van der Waals surface area (Å²) in [5, 5.41) is 13.7. The first-order valence-corrected chi connectivity index (χ1v) is 9.28. The van der Waals surface area contributed by atoms with E-state index < -0.39 is 11.4 Å². The van der Waals surface area contributed by atoms with Gasteiger partial charge < -0.3 is 14.7 Å². The minimum absolute atomic E-state index is 0.00799. The molecular weight excluding hydrogens is 351 g/mol. The fourth-order valence-corrected chi connectivity index (χ4v) is 3.95. The van der Waals surface area contributed by atoms with Crippen LogP contribution in [0.4, 0.5) is 4.39 Å². The molecule has 2 fully saturated rings. The van der Waals surface area contributed by atoms with Crippen LogP contribution in [0.3, 0.4) is 0 Å². The SMILES string of the molecule is C[C@@H](c1ccc(-n2cc(F)cn2)nc1)N1CCOC2(CCC(O)CC2)C1=O. The Kier molecular flexibility index (Phi) is 4.69. The number of carbonyl (C=O) groups excluding carboxylic acids is 1. The highest BCUT2D eigenvalue weighted by Gasteiger charge is 2.48. The molecule has 4 rings (SSSR count). The molecule has 27 heavy (non-hydrogen) atoms. The molecule has 0 aromatic carbocycles. The smallest absolute Gasteiger partial charge is 0.255 e. The maximum absolute atomic E-state index is 13.2. The zero-order valence-corrected chi connectivity index (χ0v) is 15.2. The van der Waals surface area contributed by atoms with Gasteiger partial charge in [-0.05, 0) is 44.2 Å². The summed E-state index contributed by atoms with van der Waals surface area (Å²) < 4.78 is 20.4. The Hall–Kier alpha value is -2.32. The third-order valence-electron chi connectivity index (χ3n) is 5.63. The van der Waals surface area contributed by atoms with Crippen LogP contribution < -0.4 is 0 Å². The number of halogens is 1. The number of nitrogens with zero attached hydrogens (tertiary/aromatic N) is 4. The van der Waals surface area contributed by atoms with Crippen molar-refractivity contribution in [3.05, 3.63) is 42.1 Å². The molecule has 1 amide bonds. The van der Waals surface area contributed by atoms with Gasteiger partial charge in [0, 0.05) is 12.7 Å². The summed E-state index contributed by atoms with van der Waals surface area (Å²) >= 11 is 0. The van der Waals surface area contributed by atoms with Crippen LogP contribution in [0.5, 0.6) is 0 Å². The zero-order chi connectivity index (χ0) is 19.0. The second-order valence-corrected chi connectivity index (χ2v) is 7.30. The number of aliphatic hydroxyl groups excluding tert-OH is 1. The highest BCUT2D eigenvalue weighted by atomic mass is 19.1. The van der Waals surface area contributed by atoms with Crippen molar-refractivity contribution in [3.63, 3.8) is 0 Å². The lowest BCUT2D eigenvalue weighted by Gasteiger charge is -2.46. The van der Waals surface area contributed by atoms with Gasteiger partial charge in [-0.2, -0.15) is 5.10 Å². The molecule has 2 aromatic heterocycles. The number of rotatable bonds is 3. The minimum atomic E-state index is -0.800.